The largest absolute Gasteiger partial charge is 0.481 e. The predicted molar refractivity (Wildman–Crippen MR) is 51.3 cm³/mol. The average Bonchev–Trinajstić information content (AvgIpc) is 2.16. The molecule has 6 heteroatoms. The Morgan fingerprint density at radius 1 is 1.27 bits per heavy atom. The zero-order chi connectivity index (χ0) is 11.6. The molecule has 2 N–H and O–H groups in total. The highest BCUT2D eigenvalue weighted by Gasteiger charge is 2.30. The lowest BCUT2D eigenvalue weighted by molar-refractivity contribution is 0.0144. The zero-order valence-corrected chi connectivity index (χ0v) is 8.67. The zero-order valence-electron chi connectivity index (χ0n) is 8.67. The maximum atomic E-state index is 13.1. The molecule has 0 aromatic carbocycles. The van der Waals surface area contributed by atoms with Gasteiger partial charge in [-0.1, -0.05) is 0 Å². The van der Waals surface area contributed by atoms with Gasteiger partial charge in [-0.05, 0) is 6.07 Å². The first-order valence-electron chi connectivity index (χ1n) is 4.17. The van der Waals surface area contributed by atoms with Gasteiger partial charge in [0.1, 0.15) is 0 Å². The van der Waals surface area contributed by atoms with Crippen LogP contribution in [0, 0.1) is 0 Å². The van der Waals surface area contributed by atoms with E-state index in [9.17, 15) is 8.78 Å². The molecule has 0 fully saturated rings. The molecule has 0 aliphatic heterocycles. The maximum absolute atomic E-state index is 13.1. The normalized spacial score (nSPS) is 11.3. The minimum atomic E-state index is -3.06. The van der Waals surface area contributed by atoms with E-state index in [2.05, 4.69) is 4.98 Å². The summed E-state index contributed by atoms with van der Waals surface area (Å²) in [6.45, 7) is 0.748. The van der Waals surface area contributed by atoms with Crippen LogP contribution in [-0.2, 0) is 5.92 Å². The smallest absolute Gasteiger partial charge is 0.275 e. The lowest BCUT2D eigenvalue weighted by Crippen LogP contribution is -2.12. The number of alkyl halides is 2. The molecule has 0 aliphatic rings. The summed E-state index contributed by atoms with van der Waals surface area (Å²) in [7, 11) is 2.61. The van der Waals surface area contributed by atoms with Gasteiger partial charge in [-0.2, -0.15) is 4.98 Å². The van der Waals surface area contributed by atoms with Crippen molar-refractivity contribution in [1.82, 2.24) is 4.98 Å². The van der Waals surface area contributed by atoms with Crippen LogP contribution in [0.1, 0.15) is 12.5 Å². The van der Waals surface area contributed by atoms with Crippen molar-refractivity contribution in [3.8, 4) is 11.8 Å². The molecular weight excluding hydrogens is 206 g/mol. The van der Waals surface area contributed by atoms with Gasteiger partial charge in [0.05, 0.1) is 25.5 Å². The van der Waals surface area contributed by atoms with Crippen molar-refractivity contribution in [3.05, 3.63) is 11.6 Å². The Morgan fingerprint density at radius 3 is 2.20 bits per heavy atom. The van der Waals surface area contributed by atoms with Crippen molar-refractivity contribution < 1.29 is 18.3 Å². The molecule has 0 bridgehead atoms. The fourth-order valence-electron chi connectivity index (χ4n) is 1.13. The molecule has 0 spiro atoms. The summed E-state index contributed by atoms with van der Waals surface area (Å²) in [6, 6.07) is 1.10. The average molecular weight is 218 g/mol. The highest BCUT2D eigenvalue weighted by atomic mass is 19.3. The Kier molecular flexibility index (Phi) is 2.97. The van der Waals surface area contributed by atoms with E-state index < -0.39 is 5.92 Å². The molecule has 0 atom stereocenters. The number of nitrogens with zero attached hydrogens (tertiary/aromatic N) is 1. The number of ether oxygens (including phenoxy) is 2. The van der Waals surface area contributed by atoms with E-state index >= 15 is 0 Å². The van der Waals surface area contributed by atoms with E-state index in [0.29, 0.717) is 0 Å². The molecule has 0 unspecified atom stereocenters. The quantitative estimate of drug-likeness (QED) is 0.840. The topological polar surface area (TPSA) is 57.4 Å². The summed E-state index contributed by atoms with van der Waals surface area (Å²) in [5.41, 5.74) is 5.17. The number of halogens is 2. The number of hydrogen-bond acceptors (Lipinski definition) is 4. The van der Waals surface area contributed by atoms with Gasteiger partial charge in [-0.25, -0.2) is 8.78 Å². The van der Waals surface area contributed by atoms with Gasteiger partial charge in [0, 0.05) is 6.92 Å². The number of methoxy groups -OCH3 is 2. The molecule has 4 nitrogen and oxygen atoms in total. The predicted octanol–water partition coefficient (Wildman–Crippen LogP) is 1.79. The molecule has 0 saturated carbocycles. The number of nitrogens with two attached hydrogens (primary N) is 1. The second kappa shape index (κ2) is 3.88. The highest BCUT2D eigenvalue weighted by molar-refractivity contribution is 5.53. The Labute approximate surface area is 86.0 Å². The van der Waals surface area contributed by atoms with Crippen LogP contribution in [0.4, 0.5) is 14.5 Å². The standard InChI is InChI=1S/C9H12F2N2O2/c1-9(10,11)5-4-6(12)8(15-3)13-7(5)14-2/h4H,12H2,1-3H3. The summed E-state index contributed by atoms with van der Waals surface area (Å²) in [4.78, 5) is 3.73. The van der Waals surface area contributed by atoms with Crippen LogP contribution < -0.4 is 15.2 Å². The van der Waals surface area contributed by atoms with Crippen molar-refractivity contribution in [1.29, 1.82) is 0 Å². The van der Waals surface area contributed by atoms with Crippen LogP contribution in [0.25, 0.3) is 0 Å². The third-order valence-corrected chi connectivity index (χ3v) is 1.84. The molecule has 1 heterocycles. The van der Waals surface area contributed by atoms with Gasteiger partial charge in [0.25, 0.3) is 5.92 Å². The summed E-state index contributed by atoms with van der Waals surface area (Å²) < 4.78 is 35.7. The highest BCUT2D eigenvalue weighted by Crippen LogP contribution is 2.37. The van der Waals surface area contributed by atoms with Gasteiger partial charge in [-0.15, -0.1) is 0 Å². The molecule has 1 aromatic heterocycles. The summed E-state index contributed by atoms with van der Waals surface area (Å²) in [5, 5.41) is 0. The fraction of sp³-hybridized carbons (Fsp3) is 0.444. The molecule has 1 rings (SSSR count). The van der Waals surface area contributed by atoms with Crippen LogP contribution in [0.3, 0.4) is 0 Å². The molecule has 1 aromatic rings. The molecule has 0 amide bonds. The van der Waals surface area contributed by atoms with Gasteiger partial charge >= 0.3 is 0 Å². The minimum absolute atomic E-state index is 0.0508. The number of rotatable bonds is 3. The molecular formula is C9H12F2N2O2. The Hall–Kier alpha value is -1.59. The van der Waals surface area contributed by atoms with E-state index in [1.807, 2.05) is 0 Å². The van der Waals surface area contributed by atoms with E-state index in [-0.39, 0.29) is 23.0 Å². The molecule has 0 saturated heterocycles. The van der Waals surface area contributed by atoms with Crippen molar-refractivity contribution >= 4 is 5.69 Å². The molecule has 84 valence electrons. The van der Waals surface area contributed by atoms with E-state index in [4.69, 9.17) is 15.2 Å². The van der Waals surface area contributed by atoms with Crippen molar-refractivity contribution in [2.75, 3.05) is 20.0 Å². The molecule has 15 heavy (non-hydrogen) atoms. The second-order valence-corrected chi connectivity index (χ2v) is 3.03. The second-order valence-electron chi connectivity index (χ2n) is 3.03. The van der Waals surface area contributed by atoms with Crippen molar-refractivity contribution in [3.63, 3.8) is 0 Å². The van der Waals surface area contributed by atoms with Crippen LogP contribution in [-0.4, -0.2) is 19.2 Å². The first kappa shape index (κ1) is 11.5. The van der Waals surface area contributed by atoms with E-state index in [1.165, 1.54) is 14.2 Å². The SMILES string of the molecule is COc1nc(OC)c(C(C)(F)F)cc1N. The van der Waals surface area contributed by atoms with Gasteiger partial charge in [-0.3, -0.25) is 0 Å². The van der Waals surface area contributed by atoms with Gasteiger partial charge < -0.3 is 15.2 Å². The lowest BCUT2D eigenvalue weighted by atomic mass is 10.1. The third-order valence-electron chi connectivity index (χ3n) is 1.84. The minimum Gasteiger partial charge on any atom is -0.481 e. The summed E-state index contributed by atoms with van der Waals surface area (Å²) in [5.74, 6) is -3.17. The van der Waals surface area contributed by atoms with Crippen LogP contribution in [0.2, 0.25) is 0 Å². The van der Waals surface area contributed by atoms with E-state index in [1.54, 1.807) is 0 Å². The monoisotopic (exact) mass is 218 g/mol. The van der Waals surface area contributed by atoms with Crippen molar-refractivity contribution in [2.24, 2.45) is 0 Å². The van der Waals surface area contributed by atoms with Crippen LogP contribution in [0.5, 0.6) is 11.8 Å². The first-order valence-corrected chi connectivity index (χ1v) is 4.17. The number of pyridine rings is 1. The fourth-order valence-corrected chi connectivity index (χ4v) is 1.13. The number of anilines is 1. The Bertz CT molecular complexity index is 364. The Morgan fingerprint density at radius 2 is 1.80 bits per heavy atom. The van der Waals surface area contributed by atoms with Gasteiger partial charge in [0.2, 0.25) is 11.8 Å². The van der Waals surface area contributed by atoms with Crippen LogP contribution in [0.15, 0.2) is 6.07 Å². The summed E-state index contributed by atoms with van der Waals surface area (Å²) >= 11 is 0. The number of aromatic nitrogens is 1. The van der Waals surface area contributed by atoms with Gasteiger partial charge in [0.15, 0.2) is 0 Å². The van der Waals surface area contributed by atoms with E-state index in [0.717, 1.165) is 13.0 Å². The maximum Gasteiger partial charge on any atom is 0.275 e. The third kappa shape index (κ3) is 2.26. The Balaban J connectivity index is 3.34. The molecule has 0 radical (unpaired) electrons. The molecule has 0 aliphatic carbocycles. The number of nitrogen functional groups attached to an aromatic ring is 1. The summed E-state index contributed by atoms with van der Waals surface area (Å²) in [6.07, 6.45) is 0. The number of hydrogen-bond donors (Lipinski definition) is 1. The lowest BCUT2D eigenvalue weighted by Gasteiger charge is -2.15. The van der Waals surface area contributed by atoms with Crippen molar-refractivity contribution in [2.45, 2.75) is 12.8 Å². The first-order chi connectivity index (χ1) is 6.90. The van der Waals surface area contributed by atoms with Crippen LogP contribution >= 0.6 is 0 Å².